The number of nitrogens with zero attached hydrogens (tertiary/aromatic N) is 3. The predicted molar refractivity (Wildman–Crippen MR) is 93.8 cm³/mol. The summed E-state index contributed by atoms with van der Waals surface area (Å²) in [7, 11) is 1.72. The lowest BCUT2D eigenvalue weighted by Crippen LogP contribution is -2.05. The number of hydrogen-bond acceptors (Lipinski definition) is 6. The van der Waals surface area contributed by atoms with Gasteiger partial charge in [0.1, 0.15) is 5.69 Å². The molecule has 0 N–H and O–H groups in total. The van der Waals surface area contributed by atoms with Crippen LogP contribution < -0.4 is 0 Å². The number of carbonyl (C=O) groups is 2. The van der Waals surface area contributed by atoms with E-state index in [1.807, 2.05) is 0 Å². The lowest BCUT2D eigenvalue weighted by molar-refractivity contribution is -0.142. The van der Waals surface area contributed by atoms with Gasteiger partial charge in [-0.25, -0.2) is 0 Å². The van der Waals surface area contributed by atoms with Crippen molar-refractivity contribution in [1.29, 1.82) is 0 Å². The summed E-state index contributed by atoms with van der Waals surface area (Å²) in [6, 6.07) is 6.58. The van der Waals surface area contributed by atoms with Crippen LogP contribution in [0.4, 0.5) is 0 Å². The van der Waals surface area contributed by atoms with Gasteiger partial charge in [0.05, 0.1) is 11.3 Å². The average Bonchev–Trinajstić information content (AvgIpc) is 3.15. The molecule has 8 heteroatoms. The van der Waals surface area contributed by atoms with Crippen LogP contribution >= 0.6 is 11.6 Å². The third-order valence-electron chi connectivity index (χ3n) is 3.76. The normalized spacial score (nSPS) is 10.8. The van der Waals surface area contributed by atoms with Crippen LogP contribution in [0.5, 0.6) is 0 Å². The number of carbonyl (C=O) groups excluding carboxylic acids is 2. The van der Waals surface area contributed by atoms with Gasteiger partial charge in [-0.2, -0.15) is 5.10 Å². The fourth-order valence-electron chi connectivity index (χ4n) is 2.60. The molecule has 0 aliphatic rings. The Balaban J connectivity index is 2.05. The molecule has 2 heterocycles. The molecule has 134 valence electrons. The summed E-state index contributed by atoms with van der Waals surface area (Å²) >= 11 is 5.89. The molecule has 1 aromatic carbocycles. The number of rotatable bonds is 5. The van der Waals surface area contributed by atoms with Crippen LogP contribution in [0.2, 0.25) is 5.02 Å². The minimum Gasteiger partial charge on any atom is -0.458 e. The van der Waals surface area contributed by atoms with E-state index in [-0.39, 0.29) is 18.1 Å². The third-order valence-corrected chi connectivity index (χ3v) is 4.01. The van der Waals surface area contributed by atoms with Crippen LogP contribution in [0.25, 0.3) is 11.1 Å². The lowest BCUT2D eigenvalue weighted by atomic mass is 9.99. The number of ketones is 1. The molecule has 7 nitrogen and oxygen atoms in total. The SMILES string of the molecule is CC(=O)OCc1onc(C)c1-c1cn(C)nc1C(=O)c1ccc(Cl)cc1. The highest BCUT2D eigenvalue weighted by atomic mass is 35.5. The van der Waals surface area contributed by atoms with Crippen molar-refractivity contribution in [3.8, 4) is 11.1 Å². The molecule has 0 radical (unpaired) electrons. The molecule has 0 atom stereocenters. The van der Waals surface area contributed by atoms with Crippen molar-refractivity contribution < 1.29 is 18.8 Å². The van der Waals surface area contributed by atoms with Crippen LogP contribution in [0.1, 0.15) is 34.4 Å². The van der Waals surface area contributed by atoms with E-state index in [9.17, 15) is 9.59 Å². The molecule has 0 fully saturated rings. The first-order chi connectivity index (χ1) is 12.4. The Hall–Kier alpha value is -2.93. The van der Waals surface area contributed by atoms with Crippen molar-refractivity contribution in [1.82, 2.24) is 14.9 Å². The minimum absolute atomic E-state index is 0.0744. The maximum atomic E-state index is 12.9. The highest BCUT2D eigenvalue weighted by Gasteiger charge is 2.25. The van der Waals surface area contributed by atoms with Gasteiger partial charge in [0.15, 0.2) is 12.4 Å². The van der Waals surface area contributed by atoms with E-state index in [0.717, 1.165) is 0 Å². The molecular weight excluding hydrogens is 358 g/mol. The fraction of sp³-hybridized carbons (Fsp3) is 0.222. The number of aryl methyl sites for hydroxylation is 2. The van der Waals surface area contributed by atoms with Crippen molar-refractivity contribution in [2.45, 2.75) is 20.5 Å². The molecule has 0 bridgehead atoms. The lowest BCUT2D eigenvalue weighted by Gasteiger charge is -2.04. The summed E-state index contributed by atoms with van der Waals surface area (Å²) in [6.07, 6.45) is 1.71. The van der Waals surface area contributed by atoms with Gasteiger partial charge in [-0.05, 0) is 31.2 Å². The van der Waals surface area contributed by atoms with E-state index in [1.54, 1.807) is 49.1 Å². The van der Waals surface area contributed by atoms with E-state index in [0.29, 0.717) is 33.2 Å². The van der Waals surface area contributed by atoms with Crippen LogP contribution in [0, 0.1) is 6.92 Å². The molecule has 3 aromatic rings. The molecule has 3 rings (SSSR count). The molecule has 0 aliphatic carbocycles. The van der Waals surface area contributed by atoms with Gasteiger partial charge in [0, 0.05) is 36.3 Å². The van der Waals surface area contributed by atoms with E-state index in [4.69, 9.17) is 20.9 Å². The van der Waals surface area contributed by atoms with Gasteiger partial charge in [0.25, 0.3) is 0 Å². The Morgan fingerprint density at radius 3 is 2.62 bits per heavy atom. The zero-order chi connectivity index (χ0) is 18.8. The highest BCUT2D eigenvalue weighted by Crippen LogP contribution is 2.31. The first-order valence-electron chi connectivity index (χ1n) is 7.79. The number of aromatic nitrogens is 3. The number of halogens is 1. The molecule has 0 amide bonds. The Morgan fingerprint density at radius 1 is 1.27 bits per heavy atom. The minimum atomic E-state index is -0.436. The first kappa shape index (κ1) is 17.9. The van der Waals surface area contributed by atoms with Crippen molar-refractivity contribution in [3.05, 3.63) is 58.2 Å². The zero-order valence-electron chi connectivity index (χ0n) is 14.4. The maximum Gasteiger partial charge on any atom is 0.303 e. The first-order valence-corrected chi connectivity index (χ1v) is 8.17. The Labute approximate surface area is 154 Å². The molecule has 0 aliphatic heterocycles. The third kappa shape index (κ3) is 3.52. The molecule has 2 aromatic heterocycles. The quantitative estimate of drug-likeness (QED) is 0.503. The van der Waals surface area contributed by atoms with Crippen molar-refractivity contribution in [2.75, 3.05) is 0 Å². The molecule has 0 spiro atoms. The molecule has 0 saturated heterocycles. The van der Waals surface area contributed by atoms with Gasteiger partial charge in [-0.3, -0.25) is 14.3 Å². The Kier molecular flexibility index (Phi) is 4.90. The predicted octanol–water partition coefficient (Wildman–Crippen LogP) is 3.33. The number of esters is 1. The molecule has 26 heavy (non-hydrogen) atoms. The van der Waals surface area contributed by atoms with E-state index in [1.165, 1.54) is 6.92 Å². The summed E-state index contributed by atoms with van der Waals surface area (Å²) in [4.78, 5) is 24.0. The zero-order valence-corrected chi connectivity index (χ0v) is 15.2. The van der Waals surface area contributed by atoms with Crippen molar-refractivity contribution >= 4 is 23.4 Å². The van der Waals surface area contributed by atoms with E-state index >= 15 is 0 Å². The number of benzene rings is 1. The second kappa shape index (κ2) is 7.13. The number of hydrogen-bond donors (Lipinski definition) is 0. The molecule has 0 unspecified atom stereocenters. The van der Waals surface area contributed by atoms with E-state index in [2.05, 4.69) is 10.3 Å². The summed E-state index contributed by atoms with van der Waals surface area (Å²) in [6.45, 7) is 2.98. The monoisotopic (exact) mass is 373 g/mol. The topological polar surface area (TPSA) is 87.2 Å². The summed E-state index contributed by atoms with van der Waals surface area (Å²) in [5.74, 6) is -0.333. The van der Waals surface area contributed by atoms with E-state index < -0.39 is 5.97 Å². The summed E-state index contributed by atoms with van der Waals surface area (Å²) in [5.41, 5.74) is 2.45. The maximum absolute atomic E-state index is 12.9. The summed E-state index contributed by atoms with van der Waals surface area (Å²) in [5, 5.41) is 8.78. The smallest absolute Gasteiger partial charge is 0.303 e. The second-order valence-corrected chi connectivity index (χ2v) is 6.18. The van der Waals surface area contributed by atoms with Crippen molar-refractivity contribution in [2.24, 2.45) is 7.05 Å². The Bertz CT molecular complexity index is 973. The fourth-order valence-corrected chi connectivity index (χ4v) is 2.73. The molecular formula is C18H16ClN3O4. The highest BCUT2D eigenvalue weighted by molar-refractivity contribution is 6.30. The average molecular weight is 374 g/mol. The number of ether oxygens (including phenoxy) is 1. The molecule has 0 saturated carbocycles. The van der Waals surface area contributed by atoms with Gasteiger partial charge < -0.3 is 9.26 Å². The van der Waals surface area contributed by atoms with Gasteiger partial charge in [-0.15, -0.1) is 0 Å². The van der Waals surface area contributed by atoms with Crippen LogP contribution in [-0.2, 0) is 23.2 Å². The van der Waals surface area contributed by atoms with Gasteiger partial charge in [-0.1, -0.05) is 16.8 Å². The Morgan fingerprint density at radius 2 is 1.96 bits per heavy atom. The summed E-state index contributed by atoms with van der Waals surface area (Å²) < 4.78 is 11.8. The van der Waals surface area contributed by atoms with Gasteiger partial charge >= 0.3 is 5.97 Å². The largest absolute Gasteiger partial charge is 0.458 e. The van der Waals surface area contributed by atoms with Crippen LogP contribution in [0.3, 0.4) is 0 Å². The van der Waals surface area contributed by atoms with Crippen molar-refractivity contribution in [3.63, 3.8) is 0 Å². The van der Waals surface area contributed by atoms with Gasteiger partial charge in [0.2, 0.25) is 5.78 Å². The van der Waals surface area contributed by atoms with Crippen LogP contribution in [0.15, 0.2) is 35.0 Å². The standard InChI is InChI=1S/C18H16ClN3O4/c1-10-16(15(26-21-10)9-25-11(2)23)14-8-22(3)20-17(14)18(24)12-4-6-13(19)7-5-12/h4-8H,9H2,1-3H3. The second-order valence-electron chi connectivity index (χ2n) is 5.75. The van der Waals surface area contributed by atoms with Crippen LogP contribution in [-0.4, -0.2) is 26.7 Å².